The monoisotopic (exact) mass is 273 g/mol. The van der Waals surface area contributed by atoms with Crippen molar-refractivity contribution in [1.82, 2.24) is 15.6 Å². The van der Waals surface area contributed by atoms with E-state index in [-0.39, 0.29) is 0 Å². The maximum Gasteiger partial charge on any atom is 0.420 e. The largest absolute Gasteiger partial charge is 0.420 e. The van der Waals surface area contributed by atoms with Crippen LogP contribution < -0.4 is 10.6 Å². The molecule has 104 valence electrons. The quantitative estimate of drug-likeness (QED) is 0.777. The van der Waals surface area contributed by atoms with Gasteiger partial charge in [-0.3, -0.25) is 4.98 Å². The molecule has 1 aliphatic rings. The minimum Gasteiger partial charge on any atom is -0.378 e. The normalized spacial score (nSPS) is 22.2. The van der Waals surface area contributed by atoms with Crippen LogP contribution >= 0.6 is 0 Å². The molecule has 0 saturated carbocycles. The summed E-state index contributed by atoms with van der Waals surface area (Å²) in [5, 5.41) is 14.7. The van der Waals surface area contributed by atoms with E-state index in [4.69, 9.17) is 0 Å². The SMILES string of the molecule is C[C@](O)(C1NC=C(Cc2ccncc2)N1)C(F)(F)F. The van der Waals surface area contributed by atoms with Crippen LogP contribution in [0.15, 0.2) is 36.4 Å². The number of alkyl halides is 3. The molecule has 3 N–H and O–H groups in total. The first-order valence-electron chi connectivity index (χ1n) is 5.70. The van der Waals surface area contributed by atoms with Gasteiger partial charge in [-0.15, -0.1) is 0 Å². The number of rotatable bonds is 3. The molecule has 2 heterocycles. The van der Waals surface area contributed by atoms with Crippen molar-refractivity contribution < 1.29 is 18.3 Å². The van der Waals surface area contributed by atoms with Gasteiger partial charge in [0, 0.05) is 30.7 Å². The second-order valence-electron chi connectivity index (χ2n) is 4.59. The molecule has 7 heteroatoms. The van der Waals surface area contributed by atoms with Crippen molar-refractivity contribution in [2.45, 2.75) is 31.3 Å². The Balaban J connectivity index is 2.00. The number of nitrogens with zero attached hydrogens (tertiary/aromatic N) is 1. The fourth-order valence-corrected chi connectivity index (χ4v) is 1.74. The molecule has 0 bridgehead atoms. The first kappa shape index (κ1) is 13.7. The highest BCUT2D eigenvalue weighted by atomic mass is 19.4. The molecule has 1 unspecified atom stereocenters. The number of nitrogens with one attached hydrogen (secondary N) is 2. The van der Waals surface area contributed by atoms with Gasteiger partial charge in [0.15, 0.2) is 5.60 Å². The number of pyridine rings is 1. The van der Waals surface area contributed by atoms with Gasteiger partial charge in [-0.25, -0.2) is 0 Å². The van der Waals surface area contributed by atoms with Gasteiger partial charge in [0.2, 0.25) is 0 Å². The molecule has 2 rings (SSSR count). The van der Waals surface area contributed by atoms with Gasteiger partial charge < -0.3 is 15.7 Å². The highest BCUT2D eigenvalue weighted by Gasteiger charge is 2.56. The Morgan fingerprint density at radius 3 is 2.53 bits per heavy atom. The lowest BCUT2D eigenvalue weighted by Crippen LogP contribution is -2.60. The van der Waals surface area contributed by atoms with Gasteiger partial charge in [0.1, 0.15) is 6.17 Å². The molecule has 1 aliphatic heterocycles. The Morgan fingerprint density at radius 1 is 1.32 bits per heavy atom. The van der Waals surface area contributed by atoms with Crippen molar-refractivity contribution in [3.63, 3.8) is 0 Å². The number of allylic oxidation sites excluding steroid dienone is 1. The Labute approximate surface area is 108 Å². The predicted octanol–water partition coefficient (Wildman–Crippen LogP) is 1.30. The van der Waals surface area contributed by atoms with Crippen molar-refractivity contribution >= 4 is 0 Å². The third kappa shape index (κ3) is 2.81. The van der Waals surface area contributed by atoms with E-state index in [1.807, 2.05) is 0 Å². The average Bonchev–Trinajstić information content (AvgIpc) is 2.78. The molecule has 0 aliphatic carbocycles. The fourth-order valence-electron chi connectivity index (χ4n) is 1.74. The molecule has 0 saturated heterocycles. The number of hydrogen-bond donors (Lipinski definition) is 3. The Hall–Kier alpha value is -1.76. The summed E-state index contributed by atoms with van der Waals surface area (Å²) in [7, 11) is 0. The van der Waals surface area contributed by atoms with Crippen LogP contribution in [0.4, 0.5) is 13.2 Å². The first-order valence-corrected chi connectivity index (χ1v) is 5.70. The summed E-state index contributed by atoms with van der Waals surface area (Å²) in [4.78, 5) is 3.86. The van der Waals surface area contributed by atoms with Crippen molar-refractivity contribution in [2.24, 2.45) is 0 Å². The van der Waals surface area contributed by atoms with Crippen molar-refractivity contribution in [3.8, 4) is 0 Å². The van der Waals surface area contributed by atoms with Crippen LogP contribution in [0.1, 0.15) is 12.5 Å². The second kappa shape index (κ2) is 4.73. The zero-order chi connectivity index (χ0) is 14.1. The van der Waals surface area contributed by atoms with Gasteiger partial charge in [0.25, 0.3) is 0 Å². The van der Waals surface area contributed by atoms with Crippen molar-refractivity contribution in [3.05, 3.63) is 42.0 Å². The van der Waals surface area contributed by atoms with Crippen LogP contribution in [-0.2, 0) is 6.42 Å². The lowest BCUT2D eigenvalue weighted by atomic mass is 10.0. The maximum absolute atomic E-state index is 12.7. The van der Waals surface area contributed by atoms with Gasteiger partial charge in [-0.05, 0) is 24.6 Å². The number of hydrogen-bond acceptors (Lipinski definition) is 4. The minimum atomic E-state index is -4.71. The molecule has 1 aromatic heterocycles. The van der Waals surface area contributed by atoms with E-state index in [1.165, 1.54) is 6.20 Å². The highest BCUT2D eigenvalue weighted by Crippen LogP contribution is 2.33. The van der Waals surface area contributed by atoms with Crippen LogP contribution in [0.3, 0.4) is 0 Å². The standard InChI is InChI=1S/C12H14F3N3O/c1-11(19,12(13,14)15)10-17-7-9(18-10)6-8-2-4-16-5-3-8/h2-5,7,10,17-19H,6H2,1H3/t10?,11-/m0/s1. The van der Waals surface area contributed by atoms with Gasteiger partial charge in [-0.2, -0.15) is 13.2 Å². The van der Waals surface area contributed by atoms with E-state index < -0.39 is 17.9 Å². The van der Waals surface area contributed by atoms with Crippen molar-refractivity contribution in [1.29, 1.82) is 0 Å². The molecule has 2 atom stereocenters. The lowest BCUT2D eigenvalue weighted by molar-refractivity contribution is -0.263. The molecule has 0 spiro atoms. The highest BCUT2D eigenvalue weighted by molar-refractivity contribution is 5.22. The third-order valence-corrected chi connectivity index (χ3v) is 3.03. The summed E-state index contributed by atoms with van der Waals surface area (Å²) in [6.07, 6.45) is -0.879. The van der Waals surface area contributed by atoms with Crippen molar-refractivity contribution in [2.75, 3.05) is 0 Å². The molecule has 19 heavy (non-hydrogen) atoms. The summed E-state index contributed by atoms with van der Waals surface area (Å²) in [5.41, 5.74) is -1.34. The van der Waals surface area contributed by atoms with Gasteiger partial charge in [-0.1, -0.05) is 0 Å². The van der Waals surface area contributed by atoms with E-state index in [0.29, 0.717) is 12.1 Å². The second-order valence-corrected chi connectivity index (χ2v) is 4.59. The topological polar surface area (TPSA) is 57.2 Å². The van der Waals surface area contributed by atoms with Crippen LogP contribution in [0, 0.1) is 0 Å². The molecule has 4 nitrogen and oxygen atoms in total. The van der Waals surface area contributed by atoms with E-state index in [0.717, 1.165) is 12.5 Å². The molecule has 0 fully saturated rings. The number of halogens is 3. The molecule has 0 aromatic carbocycles. The molecule has 0 radical (unpaired) electrons. The van der Waals surface area contributed by atoms with Crippen LogP contribution in [0.25, 0.3) is 0 Å². The summed E-state index contributed by atoms with van der Waals surface area (Å²) in [5.74, 6) is 0. The summed E-state index contributed by atoms with van der Waals surface area (Å²) in [6.45, 7) is 0.737. The molecule has 1 aromatic rings. The maximum atomic E-state index is 12.7. The Bertz CT molecular complexity index is 471. The molecular weight excluding hydrogens is 259 g/mol. The van der Waals surface area contributed by atoms with Crippen LogP contribution in [0.2, 0.25) is 0 Å². The predicted molar refractivity (Wildman–Crippen MR) is 62.8 cm³/mol. The zero-order valence-corrected chi connectivity index (χ0v) is 10.2. The van der Waals surface area contributed by atoms with E-state index in [1.54, 1.807) is 24.5 Å². The van der Waals surface area contributed by atoms with E-state index in [2.05, 4.69) is 15.6 Å². The van der Waals surface area contributed by atoms with E-state index in [9.17, 15) is 18.3 Å². The fraction of sp³-hybridized carbons (Fsp3) is 0.417. The number of aromatic nitrogens is 1. The lowest BCUT2D eigenvalue weighted by Gasteiger charge is -2.32. The Kier molecular flexibility index (Phi) is 3.40. The molecular formula is C12H14F3N3O. The van der Waals surface area contributed by atoms with Crippen LogP contribution in [0.5, 0.6) is 0 Å². The summed E-state index contributed by atoms with van der Waals surface area (Å²) in [6, 6.07) is 3.55. The first-order chi connectivity index (χ1) is 8.80. The number of aliphatic hydroxyl groups is 1. The van der Waals surface area contributed by atoms with Crippen LogP contribution in [-0.4, -0.2) is 28.0 Å². The summed E-state index contributed by atoms with van der Waals surface area (Å²) >= 11 is 0. The smallest absolute Gasteiger partial charge is 0.378 e. The van der Waals surface area contributed by atoms with E-state index >= 15 is 0 Å². The minimum absolute atomic E-state index is 0.444. The average molecular weight is 273 g/mol. The third-order valence-electron chi connectivity index (χ3n) is 3.03. The zero-order valence-electron chi connectivity index (χ0n) is 10.2. The molecule has 0 amide bonds. The Morgan fingerprint density at radius 2 is 1.95 bits per heavy atom. The van der Waals surface area contributed by atoms with Gasteiger partial charge >= 0.3 is 6.18 Å². The van der Waals surface area contributed by atoms with Gasteiger partial charge in [0.05, 0.1) is 0 Å². The summed E-state index contributed by atoms with van der Waals surface area (Å²) < 4.78 is 38.0.